The van der Waals surface area contributed by atoms with Crippen molar-refractivity contribution in [2.75, 3.05) is 0 Å². The summed E-state index contributed by atoms with van der Waals surface area (Å²) in [5.74, 6) is 0.840. The van der Waals surface area contributed by atoms with E-state index in [1.165, 1.54) is 6.26 Å². The number of Topliss-reactive ketones (excluding diaryl/α,β-unsaturated/α-hetero) is 1. The van der Waals surface area contributed by atoms with Crippen molar-refractivity contribution in [2.45, 2.75) is 13.3 Å². The second-order valence-electron chi connectivity index (χ2n) is 3.68. The molecular formula is C13H11BrO2. The van der Waals surface area contributed by atoms with E-state index in [9.17, 15) is 4.79 Å². The normalized spacial score (nSPS) is 10.4. The number of furan rings is 1. The first-order valence-electron chi connectivity index (χ1n) is 4.98. The lowest BCUT2D eigenvalue weighted by Crippen LogP contribution is -2.01. The van der Waals surface area contributed by atoms with Crippen LogP contribution in [0, 0.1) is 6.92 Å². The third kappa shape index (κ3) is 2.61. The number of halogens is 1. The maximum atomic E-state index is 11.9. The number of rotatable bonds is 3. The summed E-state index contributed by atoms with van der Waals surface area (Å²) in [4.78, 5) is 11.9. The fourth-order valence-electron chi connectivity index (χ4n) is 1.52. The number of hydrogen-bond donors (Lipinski definition) is 0. The molecule has 0 aliphatic carbocycles. The van der Waals surface area contributed by atoms with Crippen molar-refractivity contribution in [3.63, 3.8) is 0 Å². The molecule has 0 spiro atoms. The largest absolute Gasteiger partial charge is 0.469 e. The van der Waals surface area contributed by atoms with Gasteiger partial charge in [-0.25, -0.2) is 0 Å². The summed E-state index contributed by atoms with van der Waals surface area (Å²) < 4.78 is 6.10. The molecule has 0 saturated carbocycles. The zero-order chi connectivity index (χ0) is 11.5. The minimum atomic E-state index is 0.0787. The van der Waals surface area contributed by atoms with Gasteiger partial charge in [-0.2, -0.15) is 0 Å². The van der Waals surface area contributed by atoms with E-state index in [0.29, 0.717) is 12.0 Å². The highest BCUT2D eigenvalue weighted by Crippen LogP contribution is 2.15. The Kier molecular flexibility index (Phi) is 3.25. The first-order valence-corrected chi connectivity index (χ1v) is 5.77. The molecule has 16 heavy (non-hydrogen) atoms. The second-order valence-corrected chi connectivity index (χ2v) is 4.59. The topological polar surface area (TPSA) is 30.2 Å². The summed E-state index contributed by atoms with van der Waals surface area (Å²) >= 11 is 3.38. The Bertz CT molecular complexity index is 514. The Hall–Kier alpha value is -1.35. The van der Waals surface area contributed by atoms with E-state index in [4.69, 9.17) is 4.42 Å². The predicted molar refractivity (Wildman–Crippen MR) is 65.6 cm³/mol. The third-order valence-electron chi connectivity index (χ3n) is 2.31. The molecule has 3 heteroatoms. The zero-order valence-electron chi connectivity index (χ0n) is 8.87. The Morgan fingerprint density at radius 1 is 1.38 bits per heavy atom. The molecule has 1 aromatic carbocycles. The Morgan fingerprint density at radius 2 is 2.19 bits per heavy atom. The van der Waals surface area contributed by atoms with Crippen LogP contribution in [0.1, 0.15) is 21.7 Å². The molecule has 0 amide bonds. The van der Waals surface area contributed by atoms with Crippen molar-refractivity contribution in [3.05, 3.63) is 58.0 Å². The number of carbonyl (C=O) groups excluding carboxylic acids is 1. The molecule has 2 rings (SSSR count). The predicted octanol–water partition coefficient (Wildman–Crippen LogP) is 3.78. The molecule has 0 N–H and O–H groups in total. The maximum Gasteiger partial charge on any atom is 0.170 e. The molecule has 0 bridgehead atoms. The average Bonchev–Trinajstić information content (AvgIpc) is 2.65. The molecule has 2 aromatic rings. The van der Waals surface area contributed by atoms with Crippen molar-refractivity contribution in [2.24, 2.45) is 0 Å². The summed E-state index contributed by atoms with van der Waals surface area (Å²) in [6.07, 6.45) is 1.91. The van der Waals surface area contributed by atoms with Crippen molar-refractivity contribution in [3.8, 4) is 0 Å². The van der Waals surface area contributed by atoms with Gasteiger partial charge in [0.2, 0.25) is 0 Å². The van der Waals surface area contributed by atoms with Gasteiger partial charge in [0.15, 0.2) is 5.78 Å². The Labute approximate surface area is 102 Å². The highest BCUT2D eigenvalue weighted by atomic mass is 79.9. The molecule has 0 saturated heterocycles. The molecule has 0 unspecified atom stereocenters. The van der Waals surface area contributed by atoms with Crippen molar-refractivity contribution >= 4 is 21.7 Å². The third-order valence-corrected chi connectivity index (χ3v) is 2.80. The van der Waals surface area contributed by atoms with E-state index in [-0.39, 0.29) is 5.78 Å². The molecule has 0 fully saturated rings. The molecule has 0 atom stereocenters. The van der Waals surface area contributed by atoms with Gasteiger partial charge in [-0.05, 0) is 30.7 Å². The van der Waals surface area contributed by atoms with Crippen LogP contribution < -0.4 is 0 Å². The van der Waals surface area contributed by atoms with Crippen molar-refractivity contribution in [1.82, 2.24) is 0 Å². The highest BCUT2D eigenvalue weighted by molar-refractivity contribution is 9.10. The maximum absolute atomic E-state index is 11.9. The molecule has 0 aliphatic heterocycles. The number of benzene rings is 1. The highest BCUT2D eigenvalue weighted by Gasteiger charge is 2.09. The Morgan fingerprint density at radius 3 is 2.81 bits per heavy atom. The van der Waals surface area contributed by atoms with Crippen LogP contribution in [0.5, 0.6) is 0 Å². The van der Waals surface area contributed by atoms with E-state index >= 15 is 0 Å². The first kappa shape index (κ1) is 11.1. The van der Waals surface area contributed by atoms with E-state index in [2.05, 4.69) is 15.9 Å². The SMILES string of the molecule is Cc1cc(C(=O)Cc2cccc(Br)c2)co1. The van der Waals surface area contributed by atoms with Gasteiger partial charge >= 0.3 is 0 Å². The summed E-state index contributed by atoms with van der Waals surface area (Å²) in [7, 11) is 0. The van der Waals surface area contributed by atoms with Gasteiger partial charge in [-0.1, -0.05) is 28.1 Å². The summed E-state index contributed by atoms with van der Waals surface area (Å²) in [6.45, 7) is 1.83. The smallest absolute Gasteiger partial charge is 0.170 e. The number of ketones is 1. The average molecular weight is 279 g/mol. The summed E-state index contributed by atoms with van der Waals surface area (Å²) in [5.41, 5.74) is 1.63. The van der Waals surface area contributed by atoms with Crippen LogP contribution in [0.2, 0.25) is 0 Å². The molecule has 1 heterocycles. The van der Waals surface area contributed by atoms with Crippen LogP contribution in [0.3, 0.4) is 0 Å². The van der Waals surface area contributed by atoms with Gasteiger partial charge in [-0.15, -0.1) is 0 Å². The van der Waals surface area contributed by atoms with Crippen LogP contribution in [0.15, 0.2) is 45.5 Å². The molecule has 1 aromatic heterocycles. The van der Waals surface area contributed by atoms with Crippen molar-refractivity contribution in [1.29, 1.82) is 0 Å². The second kappa shape index (κ2) is 4.66. The van der Waals surface area contributed by atoms with Gasteiger partial charge in [0.1, 0.15) is 12.0 Å². The lowest BCUT2D eigenvalue weighted by Gasteiger charge is -1.99. The number of hydrogen-bond acceptors (Lipinski definition) is 2. The quantitative estimate of drug-likeness (QED) is 0.800. The van der Waals surface area contributed by atoms with Gasteiger partial charge in [0.25, 0.3) is 0 Å². The molecular weight excluding hydrogens is 268 g/mol. The van der Waals surface area contributed by atoms with Crippen molar-refractivity contribution < 1.29 is 9.21 Å². The summed E-state index contributed by atoms with van der Waals surface area (Å²) in [5, 5.41) is 0. The fourth-order valence-corrected chi connectivity index (χ4v) is 1.97. The van der Waals surface area contributed by atoms with Crippen LogP contribution in [-0.4, -0.2) is 5.78 Å². The number of carbonyl (C=O) groups is 1. The van der Waals surface area contributed by atoms with Gasteiger partial charge < -0.3 is 4.42 Å². The van der Waals surface area contributed by atoms with Crippen LogP contribution >= 0.6 is 15.9 Å². The molecule has 0 radical (unpaired) electrons. The molecule has 2 nitrogen and oxygen atoms in total. The van der Waals surface area contributed by atoms with E-state index in [0.717, 1.165) is 15.8 Å². The van der Waals surface area contributed by atoms with Gasteiger partial charge in [0, 0.05) is 10.9 Å². The van der Waals surface area contributed by atoms with Crippen LogP contribution in [-0.2, 0) is 6.42 Å². The van der Waals surface area contributed by atoms with Gasteiger partial charge in [0.05, 0.1) is 5.56 Å². The van der Waals surface area contributed by atoms with E-state index in [1.807, 2.05) is 31.2 Å². The van der Waals surface area contributed by atoms with E-state index in [1.54, 1.807) is 6.07 Å². The number of aryl methyl sites for hydroxylation is 1. The minimum absolute atomic E-state index is 0.0787. The summed E-state index contributed by atoms with van der Waals surface area (Å²) in [6, 6.07) is 9.52. The lowest BCUT2D eigenvalue weighted by atomic mass is 10.1. The lowest BCUT2D eigenvalue weighted by molar-refractivity contribution is 0.0992. The zero-order valence-corrected chi connectivity index (χ0v) is 10.5. The monoisotopic (exact) mass is 278 g/mol. The van der Waals surface area contributed by atoms with Crippen LogP contribution in [0.25, 0.3) is 0 Å². The standard InChI is InChI=1S/C13H11BrO2/c1-9-5-11(8-16-9)13(15)7-10-3-2-4-12(14)6-10/h2-6,8H,7H2,1H3. The molecule has 0 aliphatic rings. The molecule has 82 valence electrons. The minimum Gasteiger partial charge on any atom is -0.469 e. The van der Waals surface area contributed by atoms with Gasteiger partial charge in [-0.3, -0.25) is 4.79 Å². The van der Waals surface area contributed by atoms with Crippen LogP contribution in [0.4, 0.5) is 0 Å². The first-order chi connectivity index (χ1) is 7.65. The van der Waals surface area contributed by atoms with E-state index < -0.39 is 0 Å². The fraction of sp³-hybridized carbons (Fsp3) is 0.154. The Balaban J connectivity index is 2.13.